The Balaban J connectivity index is 2.24. The zero-order valence-electron chi connectivity index (χ0n) is 11.8. The van der Waals surface area contributed by atoms with Crippen LogP contribution in [0.15, 0.2) is 36.6 Å². The van der Waals surface area contributed by atoms with Gasteiger partial charge in [-0.2, -0.15) is 0 Å². The van der Waals surface area contributed by atoms with Gasteiger partial charge in [-0.3, -0.25) is 0 Å². The van der Waals surface area contributed by atoms with Crippen molar-refractivity contribution in [2.75, 3.05) is 0 Å². The predicted molar refractivity (Wildman–Crippen MR) is 82.8 cm³/mol. The number of nitrogens with zero attached hydrogens (tertiary/aromatic N) is 1. The fourth-order valence-corrected chi connectivity index (χ4v) is 3.46. The van der Waals surface area contributed by atoms with E-state index in [1.165, 1.54) is 0 Å². The maximum absolute atomic E-state index is 12.4. The lowest BCUT2D eigenvalue weighted by Gasteiger charge is -2.07. The predicted octanol–water partition coefficient (Wildman–Crippen LogP) is 2.86. The van der Waals surface area contributed by atoms with Crippen molar-refractivity contribution in [2.45, 2.75) is 19.8 Å². The molecule has 0 unspecified atom stereocenters. The van der Waals surface area contributed by atoms with E-state index in [4.69, 9.17) is 8.83 Å². The molecule has 0 atom stereocenters. The Morgan fingerprint density at radius 3 is 2.45 bits per heavy atom. The first-order chi connectivity index (χ1) is 10.6. The first-order valence-electron chi connectivity index (χ1n) is 7.18. The smallest absolute Gasteiger partial charge is 0.347 e. The molecular weight excluding hydrogens is 282 g/mol. The highest BCUT2D eigenvalue weighted by Gasteiger charge is 2.25. The van der Waals surface area contributed by atoms with E-state index in [2.05, 4.69) is 0 Å². The number of fused-ring (bicyclic) bond motifs is 3. The molecule has 1 aliphatic rings. The molecule has 0 radical (unpaired) electrons. The van der Waals surface area contributed by atoms with Crippen molar-refractivity contribution in [3.63, 3.8) is 0 Å². The lowest BCUT2D eigenvalue weighted by Crippen LogP contribution is -2.10. The summed E-state index contributed by atoms with van der Waals surface area (Å²) >= 11 is 0. The third-order valence-corrected chi connectivity index (χ3v) is 4.36. The summed E-state index contributed by atoms with van der Waals surface area (Å²) in [6.07, 6.45) is 5.61. The number of allylic oxidation sites excluding steroid dienone is 1. The van der Waals surface area contributed by atoms with Crippen molar-refractivity contribution in [2.24, 2.45) is 0 Å². The SMILES string of the molecule is Cc1cc2c(=O)oc3c4c(c5oc(=O)c(c1)c2n35)CCC=C4. The van der Waals surface area contributed by atoms with Crippen LogP contribution in [0, 0.1) is 6.92 Å². The summed E-state index contributed by atoms with van der Waals surface area (Å²) in [5.74, 6) is 0. The molecule has 3 aromatic heterocycles. The first kappa shape index (κ1) is 11.8. The van der Waals surface area contributed by atoms with E-state index >= 15 is 0 Å². The summed E-state index contributed by atoms with van der Waals surface area (Å²) in [4.78, 5) is 24.7. The zero-order chi connectivity index (χ0) is 15.0. The third-order valence-electron chi connectivity index (χ3n) is 4.36. The fraction of sp³-hybridized carbons (Fsp3) is 0.176. The van der Waals surface area contributed by atoms with Crippen molar-refractivity contribution < 1.29 is 8.83 Å². The van der Waals surface area contributed by atoms with Gasteiger partial charge in [0.2, 0.25) is 11.4 Å². The van der Waals surface area contributed by atoms with Gasteiger partial charge in [-0.1, -0.05) is 12.2 Å². The minimum atomic E-state index is -0.423. The highest BCUT2D eigenvalue weighted by atomic mass is 16.4. The Morgan fingerprint density at radius 2 is 1.73 bits per heavy atom. The van der Waals surface area contributed by atoms with E-state index in [0.29, 0.717) is 27.7 Å². The summed E-state index contributed by atoms with van der Waals surface area (Å²) in [7, 11) is 0. The Hall–Kier alpha value is -2.82. The average molecular weight is 293 g/mol. The van der Waals surface area contributed by atoms with Gasteiger partial charge in [0.1, 0.15) is 0 Å². The highest BCUT2D eigenvalue weighted by molar-refractivity contribution is 5.99. The molecule has 1 aromatic carbocycles. The number of benzene rings is 1. The quantitative estimate of drug-likeness (QED) is 0.500. The molecule has 4 aromatic rings. The Labute approximate surface area is 123 Å². The van der Waals surface area contributed by atoms with Gasteiger partial charge in [0, 0.05) is 11.1 Å². The van der Waals surface area contributed by atoms with Crippen molar-refractivity contribution in [3.8, 4) is 0 Å². The van der Waals surface area contributed by atoms with Gasteiger partial charge in [0.05, 0.1) is 16.3 Å². The van der Waals surface area contributed by atoms with Gasteiger partial charge in [0.15, 0.2) is 0 Å². The Bertz CT molecular complexity index is 1200. The van der Waals surface area contributed by atoms with Crippen LogP contribution >= 0.6 is 0 Å². The molecule has 3 heterocycles. The highest BCUT2D eigenvalue weighted by Crippen LogP contribution is 2.33. The molecule has 0 aliphatic heterocycles. The average Bonchev–Trinajstić information content (AvgIpc) is 2.81. The largest absolute Gasteiger partial charge is 0.405 e. The van der Waals surface area contributed by atoms with Crippen LogP contribution in [0.25, 0.3) is 33.8 Å². The standard InChI is InChI=1S/C17H11NO4/c1-8-6-11-13-12(7-8)17(20)22-15-10-5-3-2-4-9(10)14(18(13)15)21-16(11)19/h2,4,6-7H,3,5H2,1H3. The van der Waals surface area contributed by atoms with Crippen molar-refractivity contribution in [3.05, 3.63) is 55.7 Å². The monoisotopic (exact) mass is 293 g/mol. The lowest BCUT2D eigenvalue weighted by atomic mass is 10.0. The van der Waals surface area contributed by atoms with Crippen LogP contribution in [0.5, 0.6) is 0 Å². The molecule has 0 fully saturated rings. The number of aryl methyl sites for hydroxylation is 2. The number of aromatic nitrogens is 1. The van der Waals surface area contributed by atoms with E-state index in [1.807, 2.05) is 19.1 Å². The molecule has 0 saturated heterocycles. The lowest BCUT2D eigenvalue weighted by molar-refractivity contribution is 0.523. The van der Waals surface area contributed by atoms with E-state index in [1.54, 1.807) is 16.5 Å². The van der Waals surface area contributed by atoms with Crippen molar-refractivity contribution in [1.29, 1.82) is 0 Å². The minimum Gasteiger partial charge on any atom is -0.405 e. The maximum atomic E-state index is 12.4. The second-order valence-electron chi connectivity index (χ2n) is 5.77. The van der Waals surface area contributed by atoms with Crippen LogP contribution in [-0.4, -0.2) is 4.40 Å². The molecule has 0 saturated carbocycles. The second-order valence-corrected chi connectivity index (χ2v) is 5.77. The molecule has 5 nitrogen and oxygen atoms in total. The molecule has 0 amide bonds. The van der Waals surface area contributed by atoms with Gasteiger partial charge in [0.25, 0.3) is 0 Å². The van der Waals surface area contributed by atoms with E-state index in [-0.39, 0.29) is 0 Å². The summed E-state index contributed by atoms with van der Waals surface area (Å²) in [5.41, 5.74) is 3.29. The number of hydrogen-bond acceptors (Lipinski definition) is 4. The summed E-state index contributed by atoms with van der Waals surface area (Å²) in [6.45, 7) is 1.84. The van der Waals surface area contributed by atoms with Crippen LogP contribution in [0.4, 0.5) is 0 Å². The molecule has 22 heavy (non-hydrogen) atoms. The van der Waals surface area contributed by atoms with Crippen molar-refractivity contribution in [1.82, 2.24) is 4.40 Å². The van der Waals surface area contributed by atoms with Gasteiger partial charge in [-0.25, -0.2) is 14.0 Å². The first-order valence-corrected chi connectivity index (χ1v) is 7.18. The summed E-state index contributed by atoms with van der Waals surface area (Å²) < 4.78 is 12.9. The molecule has 5 heteroatoms. The number of rotatable bonds is 0. The van der Waals surface area contributed by atoms with E-state index in [9.17, 15) is 9.59 Å². The van der Waals surface area contributed by atoms with E-state index < -0.39 is 11.3 Å². The van der Waals surface area contributed by atoms with E-state index in [0.717, 1.165) is 29.5 Å². The molecule has 108 valence electrons. The van der Waals surface area contributed by atoms with Gasteiger partial charge in [-0.15, -0.1) is 0 Å². The molecule has 0 bridgehead atoms. The van der Waals surface area contributed by atoms with Crippen LogP contribution < -0.4 is 11.3 Å². The molecule has 0 spiro atoms. The van der Waals surface area contributed by atoms with Crippen LogP contribution in [0.2, 0.25) is 0 Å². The Morgan fingerprint density at radius 1 is 1.05 bits per heavy atom. The van der Waals surface area contributed by atoms with Crippen LogP contribution in [0.1, 0.15) is 23.1 Å². The van der Waals surface area contributed by atoms with Crippen LogP contribution in [-0.2, 0) is 6.42 Å². The maximum Gasteiger partial charge on any atom is 0.347 e. The fourth-order valence-electron chi connectivity index (χ4n) is 3.46. The van der Waals surface area contributed by atoms with Gasteiger partial charge in [-0.05, 0) is 37.5 Å². The normalized spacial score (nSPS) is 14.4. The molecule has 5 rings (SSSR count). The van der Waals surface area contributed by atoms with Gasteiger partial charge >= 0.3 is 11.3 Å². The minimum absolute atomic E-state index is 0.413. The zero-order valence-corrected chi connectivity index (χ0v) is 11.8. The van der Waals surface area contributed by atoms with Crippen LogP contribution in [0.3, 0.4) is 0 Å². The molecule has 1 aliphatic carbocycles. The summed E-state index contributed by atoms with van der Waals surface area (Å²) in [5, 5.41) is 0.827. The molecule has 0 N–H and O–H groups in total. The van der Waals surface area contributed by atoms with Gasteiger partial charge < -0.3 is 8.83 Å². The molecular formula is C17H11NO4. The summed E-state index contributed by atoms with van der Waals surface area (Å²) in [6, 6.07) is 3.50. The second kappa shape index (κ2) is 3.68. The third kappa shape index (κ3) is 1.24. The van der Waals surface area contributed by atoms with Crippen molar-refractivity contribution >= 4 is 33.8 Å². The number of hydrogen-bond donors (Lipinski definition) is 0. The topological polar surface area (TPSA) is 64.8 Å². The Kier molecular flexibility index (Phi) is 1.97.